The Morgan fingerprint density at radius 1 is 1.06 bits per heavy atom. The van der Waals surface area contributed by atoms with Crippen LogP contribution in [0.15, 0.2) is 59.3 Å². The van der Waals surface area contributed by atoms with E-state index in [1.807, 2.05) is 18.2 Å². The van der Waals surface area contributed by atoms with Crippen LogP contribution >= 0.6 is 11.3 Å². The number of aromatic nitrogens is 2. The highest BCUT2D eigenvalue weighted by Crippen LogP contribution is 2.42. The zero-order chi connectivity index (χ0) is 24.2. The molecule has 6 nitrogen and oxygen atoms in total. The summed E-state index contributed by atoms with van der Waals surface area (Å²) in [5.41, 5.74) is 5.90. The average Bonchev–Trinajstić information content (AvgIpc) is 3.29. The maximum Gasteiger partial charge on any atom is 0.251 e. The molecule has 3 N–H and O–H groups in total. The van der Waals surface area contributed by atoms with Gasteiger partial charge in [0, 0.05) is 34.3 Å². The zero-order valence-electron chi connectivity index (χ0n) is 20.1. The van der Waals surface area contributed by atoms with E-state index in [-0.39, 0.29) is 18.1 Å². The summed E-state index contributed by atoms with van der Waals surface area (Å²) in [5.74, 6) is 0.499. The van der Waals surface area contributed by atoms with Crippen LogP contribution in [0.3, 0.4) is 0 Å². The molecule has 2 aromatic carbocycles. The lowest BCUT2D eigenvalue weighted by Crippen LogP contribution is -2.44. The van der Waals surface area contributed by atoms with Gasteiger partial charge in [-0.15, -0.1) is 0 Å². The minimum atomic E-state index is -0.162. The lowest BCUT2D eigenvalue weighted by atomic mass is 9.98. The van der Waals surface area contributed by atoms with E-state index in [1.54, 1.807) is 11.3 Å². The number of amides is 1. The van der Waals surface area contributed by atoms with Gasteiger partial charge >= 0.3 is 0 Å². The Bertz CT molecular complexity index is 1380. The van der Waals surface area contributed by atoms with E-state index in [9.17, 15) is 9.90 Å². The van der Waals surface area contributed by atoms with E-state index in [2.05, 4.69) is 61.5 Å². The van der Waals surface area contributed by atoms with Gasteiger partial charge in [-0.3, -0.25) is 9.89 Å². The molecular formula is C29H30N4O2S. The molecule has 2 aliphatic heterocycles. The number of aliphatic hydroxyl groups excluding tert-OH is 1. The molecule has 4 atom stereocenters. The first kappa shape index (κ1) is 22.1. The fourth-order valence-electron chi connectivity index (χ4n) is 6.32. The number of thiophene rings is 1. The number of aromatic amines is 1. The van der Waals surface area contributed by atoms with Crippen LogP contribution in [0.25, 0.3) is 22.2 Å². The predicted molar refractivity (Wildman–Crippen MR) is 143 cm³/mol. The quantitative estimate of drug-likeness (QED) is 0.320. The maximum atomic E-state index is 13.2. The van der Waals surface area contributed by atoms with Crippen molar-refractivity contribution in [1.82, 2.24) is 15.5 Å². The van der Waals surface area contributed by atoms with Crippen LogP contribution in [0.1, 0.15) is 60.5 Å². The van der Waals surface area contributed by atoms with E-state index in [0.717, 1.165) is 47.8 Å². The molecule has 1 aliphatic carbocycles. The lowest BCUT2D eigenvalue weighted by Gasteiger charge is -2.39. The normalized spacial score (nSPS) is 24.2. The summed E-state index contributed by atoms with van der Waals surface area (Å²) in [6.07, 6.45) is 6.22. The Morgan fingerprint density at radius 2 is 1.83 bits per heavy atom. The number of rotatable bonds is 6. The molecule has 7 rings (SSSR count). The maximum absolute atomic E-state index is 13.2. The second-order valence-electron chi connectivity index (χ2n) is 10.6. The van der Waals surface area contributed by atoms with Crippen LogP contribution in [0.2, 0.25) is 0 Å². The molecule has 4 aromatic rings. The Labute approximate surface area is 214 Å². The Hall–Kier alpha value is -3.16. The SMILES string of the molecule is O=C(N[C@H](c1ccsc1)C1CC1)c1ccc2[nH]nc(-c3ccc(N4[C@@H]5CC[C@H]4CC(O)C5)cc3)c2c1. The molecule has 36 heavy (non-hydrogen) atoms. The summed E-state index contributed by atoms with van der Waals surface area (Å²) < 4.78 is 0. The van der Waals surface area contributed by atoms with Crippen molar-refractivity contribution in [3.8, 4) is 11.3 Å². The van der Waals surface area contributed by atoms with E-state index >= 15 is 0 Å². The van der Waals surface area contributed by atoms with Crippen LogP contribution in [-0.2, 0) is 0 Å². The van der Waals surface area contributed by atoms with Gasteiger partial charge in [0.25, 0.3) is 5.91 Å². The van der Waals surface area contributed by atoms with Gasteiger partial charge in [-0.25, -0.2) is 0 Å². The van der Waals surface area contributed by atoms with Crippen molar-refractivity contribution in [2.75, 3.05) is 4.90 Å². The third-order valence-electron chi connectivity index (χ3n) is 8.25. The number of nitrogens with one attached hydrogen (secondary N) is 2. The van der Waals surface area contributed by atoms with Gasteiger partial charge in [0.05, 0.1) is 23.4 Å². The molecule has 2 aromatic heterocycles. The number of carbonyl (C=O) groups excluding carboxylic acids is 1. The number of H-pyrrole nitrogens is 1. The number of benzene rings is 2. The summed E-state index contributed by atoms with van der Waals surface area (Å²) >= 11 is 1.67. The number of fused-ring (bicyclic) bond motifs is 3. The molecule has 1 amide bonds. The van der Waals surface area contributed by atoms with Gasteiger partial charge in [-0.1, -0.05) is 12.1 Å². The van der Waals surface area contributed by atoms with Gasteiger partial charge in [-0.2, -0.15) is 16.4 Å². The standard InChI is InChI=1S/C29H30N4O2S/c34-24-14-22-8-9-23(15-24)33(22)21-6-3-18(4-7-21)28-25-13-19(5-10-26(25)31-32-28)29(35)30-27(17-1-2-17)20-11-12-36-16-20/h3-7,10-13,16-17,22-24,27,34H,1-2,8-9,14-15H2,(H,30,35)(H,31,32)/t22-,23+,24?,27-/m0/s1. The zero-order valence-corrected chi connectivity index (χ0v) is 20.9. The molecule has 3 aliphatic rings. The van der Waals surface area contributed by atoms with Gasteiger partial charge < -0.3 is 15.3 Å². The summed E-state index contributed by atoms with van der Waals surface area (Å²) in [6, 6.07) is 17.5. The van der Waals surface area contributed by atoms with Crippen molar-refractivity contribution >= 4 is 33.8 Å². The second kappa shape index (κ2) is 8.75. The van der Waals surface area contributed by atoms with Crippen LogP contribution in [0.4, 0.5) is 5.69 Å². The largest absolute Gasteiger partial charge is 0.393 e. The Kier molecular flexibility index (Phi) is 5.36. The first-order chi connectivity index (χ1) is 17.6. The van der Waals surface area contributed by atoms with E-state index in [1.165, 1.54) is 24.1 Å². The summed E-state index contributed by atoms with van der Waals surface area (Å²) in [5, 5.41) is 26.3. The number of nitrogens with zero attached hydrogens (tertiary/aromatic N) is 2. The van der Waals surface area contributed by atoms with E-state index < -0.39 is 0 Å². The lowest BCUT2D eigenvalue weighted by molar-refractivity contribution is 0.0932. The highest BCUT2D eigenvalue weighted by Gasteiger charge is 2.40. The van der Waals surface area contributed by atoms with E-state index in [0.29, 0.717) is 23.6 Å². The predicted octanol–water partition coefficient (Wildman–Crippen LogP) is 5.66. The molecule has 1 unspecified atom stereocenters. The van der Waals surface area contributed by atoms with E-state index in [4.69, 9.17) is 0 Å². The monoisotopic (exact) mass is 498 g/mol. The number of anilines is 1. The molecule has 0 spiro atoms. The number of piperidine rings is 1. The molecule has 184 valence electrons. The smallest absolute Gasteiger partial charge is 0.251 e. The molecule has 4 heterocycles. The number of carbonyl (C=O) groups is 1. The van der Waals surface area contributed by atoms with Crippen molar-refractivity contribution in [3.63, 3.8) is 0 Å². The first-order valence-electron chi connectivity index (χ1n) is 13.0. The molecule has 3 fully saturated rings. The minimum absolute atomic E-state index is 0.0368. The molecule has 1 saturated carbocycles. The fraction of sp³-hybridized carbons (Fsp3) is 0.379. The molecule has 0 radical (unpaired) electrons. The van der Waals surface area contributed by atoms with Crippen LogP contribution in [0.5, 0.6) is 0 Å². The molecule has 2 saturated heterocycles. The molecular weight excluding hydrogens is 468 g/mol. The van der Waals surface area contributed by atoms with Crippen molar-refractivity contribution in [3.05, 3.63) is 70.4 Å². The van der Waals surface area contributed by atoms with Crippen molar-refractivity contribution in [2.45, 2.75) is 62.8 Å². The Morgan fingerprint density at radius 3 is 2.53 bits per heavy atom. The third-order valence-corrected chi connectivity index (χ3v) is 8.96. The van der Waals surface area contributed by atoms with Crippen molar-refractivity contribution in [1.29, 1.82) is 0 Å². The van der Waals surface area contributed by atoms with Gasteiger partial charge in [-0.05, 0) is 97.2 Å². The average molecular weight is 499 g/mol. The second-order valence-corrected chi connectivity index (χ2v) is 11.4. The third kappa shape index (κ3) is 3.91. The van der Waals surface area contributed by atoms with Crippen molar-refractivity contribution < 1.29 is 9.90 Å². The Balaban J connectivity index is 1.14. The van der Waals surface area contributed by atoms with Gasteiger partial charge in [0.1, 0.15) is 0 Å². The van der Waals surface area contributed by atoms with Gasteiger partial charge in [0.2, 0.25) is 0 Å². The molecule has 2 bridgehead atoms. The number of hydrogen-bond acceptors (Lipinski definition) is 5. The highest BCUT2D eigenvalue weighted by molar-refractivity contribution is 7.08. The highest BCUT2D eigenvalue weighted by atomic mass is 32.1. The van der Waals surface area contributed by atoms with Crippen LogP contribution < -0.4 is 10.2 Å². The summed E-state index contributed by atoms with van der Waals surface area (Å²) in [6.45, 7) is 0. The fourth-order valence-corrected chi connectivity index (χ4v) is 7.01. The van der Waals surface area contributed by atoms with Crippen LogP contribution in [0, 0.1) is 5.92 Å². The number of aliphatic hydroxyl groups is 1. The minimum Gasteiger partial charge on any atom is -0.393 e. The topological polar surface area (TPSA) is 81.2 Å². The summed E-state index contributed by atoms with van der Waals surface area (Å²) in [4.78, 5) is 15.7. The first-order valence-corrected chi connectivity index (χ1v) is 14.0. The summed E-state index contributed by atoms with van der Waals surface area (Å²) in [7, 11) is 0. The van der Waals surface area contributed by atoms with Gasteiger partial charge in [0.15, 0.2) is 0 Å². The van der Waals surface area contributed by atoms with Crippen molar-refractivity contribution in [2.24, 2.45) is 5.92 Å². The molecule has 7 heteroatoms. The van der Waals surface area contributed by atoms with Crippen LogP contribution in [-0.4, -0.2) is 39.4 Å². The number of hydrogen-bond donors (Lipinski definition) is 3.